The Labute approximate surface area is 121 Å². The van der Waals surface area contributed by atoms with E-state index in [1.54, 1.807) is 18.2 Å². The van der Waals surface area contributed by atoms with Gasteiger partial charge in [0.05, 0.1) is 11.4 Å². The number of aryl methyl sites for hydroxylation is 2. The molecule has 2 rings (SSSR count). The lowest BCUT2D eigenvalue weighted by atomic mass is 10.2. The van der Waals surface area contributed by atoms with Crippen LogP contribution in [0.25, 0.3) is 0 Å². The van der Waals surface area contributed by atoms with Crippen LogP contribution in [0.1, 0.15) is 50.9 Å². The summed E-state index contributed by atoms with van der Waals surface area (Å²) in [5.41, 5.74) is 1.20. The maximum Gasteiger partial charge on any atom is 0.246 e. The van der Waals surface area contributed by atoms with E-state index in [0.29, 0.717) is 28.7 Å². The molecule has 1 aromatic heterocycles. The maximum atomic E-state index is 13.0. The molecule has 1 saturated carbocycles. The van der Waals surface area contributed by atoms with Crippen molar-refractivity contribution in [3.63, 3.8) is 0 Å². The van der Waals surface area contributed by atoms with Crippen molar-refractivity contribution >= 4 is 10.0 Å². The van der Waals surface area contributed by atoms with E-state index >= 15 is 0 Å². The number of sulfonamides is 1. The highest BCUT2D eigenvalue weighted by Crippen LogP contribution is 2.31. The Hall–Kier alpha value is -0.880. The molecule has 0 amide bonds. The number of aromatic amines is 1. The fourth-order valence-electron chi connectivity index (χ4n) is 3.03. The van der Waals surface area contributed by atoms with Crippen LogP contribution in [0.3, 0.4) is 0 Å². The number of H-pyrrole nitrogens is 1. The predicted octanol–water partition coefficient (Wildman–Crippen LogP) is 2.62. The number of aromatic nitrogens is 2. The number of hydrogen-bond acceptors (Lipinski definition) is 3. The van der Waals surface area contributed by atoms with Crippen LogP contribution in [0.2, 0.25) is 0 Å². The minimum atomic E-state index is -3.46. The molecule has 1 fully saturated rings. The van der Waals surface area contributed by atoms with Gasteiger partial charge in [0.25, 0.3) is 0 Å². The molecule has 0 radical (unpaired) electrons. The average molecular weight is 299 g/mol. The van der Waals surface area contributed by atoms with Gasteiger partial charge in [-0.15, -0.1) is 0 Å². The molecule has 0 aliphatic heterocycles. The average Bonchev–Trinajstić information content (AvgIpc) is 2.96. The van der Waals surface area contributed by atoms with Crippen molar-refractivity contribution in [1.82, 2.24) is 14.5 Å². The zero-order chi connectivity index (χ0) is 14.9. The third kappa shape index (κ3) is 2.91. The Morgan fingerprint density at radius 1 is 1.30 bits per heavy atom. The van der Waals surface area contributed by atoms with Crippen LogP contribution in [0, 0.1) is 19.8 Å². The largest absolute Gasteiger partial charge is 0.281 e. The summed E-state index contributed by atoms with van der Waals surface area (Å²) in [5.74, 6) is 0.317. The summed E-state index contributed by atoms with van der Waals surface area (Å²) in [6, 6.07) is 0.149. The van der Waals surface area contributed by atoms with E-state index in [1.165, 1.54) is 0 Å². The Balaban J connectivity index is 2.41. The van der Waals surface area contributed by atoms with E-state index in [2.05, 4.69) is 24.0 Å². The van der Waals surface area contributed by atoms with Gasteiger partial charge in [0, 0.05) is 12.6 Å². The highest BCUT2D eigenvalue weighted by molar-refractivity contribution is 7.89. The summed E-state index contributed by atoms with van der Waals surface area (Å²) in [6.45, 7) is 8.23. The van der Waals surface area contributed by atoms with Gasteiger partial charge in [0.1, 0.15) is 4.90 Å². The van der Waals surface area contributed by atoms with Gasteiger partial charge < -0.3 is 0 Å². The molecule has 20 heavy (non-hydrogen) atoms. The zero-order valence-corrected chi connectivity index (χ0v) is 13.6. The van der Waals surface area contributed by atoms with E-state index in [0.717, 1.165) is 25.7 Å². The minimum Gasteiger partial charge on any atom is -0.281 e. The second kappa shape index (κ2) is 5.85. The van der Waals surface area contributed by atoms with E-state index in [9.17, 15) is 8.42 Å². The molecule has 0 unspecified atom stereocenters. The van der Waals surface area contributed by atoms with Crippen LogP contribution in [0.5, 0.6) is 0 Å². The number of nitrogens with zero attached hydrogens (tertiary/aromatic N) is 2. The summed E-state index contributed by atoms with van der Waals surface area (Å²) in [5, 5.41) is 6.83. The molecule has 0 bridgehead atoms. The van der Waals surface area contributed by atoms with Gasteiger partial charge in [0.2, 0.25) is 10.0 Å². The highest BCUT2D eigenvalue weighted by atomic mass is 32.2. The maximum absolute atomic E-state index is 13.0. The minimum absolute atomic E-state index is 0.149. The van der Waals surface area contributed by atoms with E-state index < -0.39 is 10.0 Å². The molecule has 5 nitrogen and oxygen atoms in total. The first-order valence-corrected chi connectivity index (χ1v) is 8.81. The molecule has 0 atom stereocenters. The van der Waals surface area contributed by atoms with E-state index in [1.807, 2.05) is 0 Å². The Bertz CT molecular complexity index is 537. The summed E-state index contributed by atoms with van der Waals surface area (Å²) >= 11 is 0. The lowest BCUT2D eigenvalue weighted by Crippen LogP contribution is -2.41. The predicted molar refractivity (Wildman–Crippen MR) is 79.0 cm³/mol. The van der Waals surface area contributed by atoms with Gasteiger partial charge in [-0.25, -0.2) is 8.42 Å². The highest BCUT2D eigenvalue weighted by Gasteiger charge is 2.36. The molecule has 1 aliphatic carbocycles. The zero-order valence-electron chi connectivity index (χ0n) is 12.8. The molecule has 0 saturated heterocycles. The van der Waals surface area contributed by atoms with Crippen molar-refractivity contribution < 1.29 is 8.42 Å². The third-order valence-electron chi connectivity index (χ3n) is 3.90. The van der Waals surface area contributed by atoms with Crippen LogP contribution < -0.4 is 0 Å². The molecular formula is C14H25N3O2S. The first-order chi connectivity index (χ1) is 9.34. The second-order valence-electron chi connectivity index (χ2n) is 6.17. The summed E-state index contributed by atoms with van der Waals surface area (Å²) in [4.78, 5) is 0.366. The van der Waals surface area contributed by atoms with Crippen LogP contribution in [-0.4, -0.2) is 35.5 Å². The Morgan fingerprint density at radius 3 is 2.35 bits per heavy atom. The van der Waals surface area contributed by atoms with Crippen LogP contribution >= 0.6 is 0 Å². The normalized spacial score (nSPS) is 17.5. The van der Waals surface area contributed by atoms with Crippen molar-refractivity contribution in [1.29, 1.82) is 0 Å². The number of nitrogens with one attached hydrogen (secondary N) is 1. The number of rotatable bonds is 5. The fraction of sp³-hybridized carbons (Fsp3) is 0.786. The summed E-state index contributed by atoms with van der Waals surface area (Å²) < 4.78 is 27.8. The molecule has 0 aromatic carbocycles. The van der Waals surface area contributed by atoms with Crippen LogP contribution in [-0.2, 0) is 10.0 Å². The van der Waals surface area contributed by atoms with Gasteiger partial charge in [-0.2, -0.15) is 9.40 Å². The third-order valence-corrected chi connectivity index (χ3v) is 6.09. The topological polar surface area (TPSA) is 66.1 Å². The van der Waals surface area contributed by atoms with Gasteiger partial charge in [-0.05, 0) is 32.6 Å². The number of hydrogen-bond donors (Lipinski definition) is 1. The molecule has 6 heteroatoms. The van der Waals surface area contributed by atoms with Crippen molar-refractivity contribution in [2.75, 3.05) is 6.54 Å². The van der Waals surface area contributed by atoms with Crippen LogP contribution in [0.4, 0.5) is 0 Å². The molecular weight excluding hydrogens is 274 g/mol. The first-order valence-electron chi connectivity index (χ1n) is 7.37. The van der Waals surface area contributed by atoms with Crippen molar-refractivity contribution in [2.45, 2.75) is 64.3 Å². The smallest absolute Gasteiger partial charge is 0.246 e. The Morgan fingerprint density at radius 2 is 1.90 bits per heavy atom. The van der Waals surface area contributed by atoms with Crippen molar-refractivity contribution in [2.24, 2.45) is 5.92 Å². The molecule has 0 spiro atoms. The van der Waals surface area contributed by atoms with Gasteiger partial charge in [-0.1, -0.05) is 26.7 Å². The van der Waals surface area contributed by atoms with Crippen molar-refractivity contribution in [3.8, 4) is 0 Å². The SMILES string of the molecule is Cc1n[nH]c(C)c1S(=O)(=O)N(CC(C)C)C1CCCC1. The standard InChI is InChI=1S/C14H25N3O2S/c1-10(2)9-17(13-7-5-6-8-13)20(18,19)14-11(3)15-16-12(14)4/h10,13H,5-9H2,1-4H3,(H,15,16). The summed E-state index contributed by atoms with van der Waals surface area (Å²) in [6.07, 6.45) is 4.19. The summed E-state index contributed by atoms with van der Waals surface area (Å²) in [7, 11) is -3.46. The molecule has 1 heterocycles. The lowest BCUT2D eigenvalue weighted by Gasteiger charge is -2.29. The van der Waals surface area contributed by atoms with Crippen LogP contribution in [0.15, 0.2) is 4.90 Å². The molecule has 114 valence electrons. The second-order valence-corrected chi connectivity index (χ2v) is 8.00. The monoisotopic (exact) mass is 299 g/mol. The molecule has 1 aliphatic rings. The van der Waals surface area contributed by atoms with Gasteiger partial charge >= 0.3 is 0 Å². The van der Waals surface area contributed by atoms with Gasteiger partial charge in [-0.3, -0.25) is 5.10 Å². The van der Waals surface area contributed by atoms with Gasteiger partial charge in [0.15, 0.2) is 0 Å². The Kier molecular flexibility index (Phi) is 4.54. The molecule has 1 N–H and O–H groups in total. The van der Waals surface area contributed by atoms with Crippen molar-refractivity contribution in [3.05, 3.63) is 11.4 Å². The van der Waals surface area contributed by atoms with E-state index in [-0.39, 0.29) is 6.04 Å². The molecule has 1 aromatic rings. The fourth-order valence-corrected chi connectivity index (χ4v) is 5.22. The first kappa shape index (κ1) is 15.5. The quantitative estimate of drug-likeness (QED) is 0.909. The van der Waals surface area contributed by atoms with E-state index in [4.69, 9.17) is 0 Å². The lowest BCUT2D eigenvalue weighted by molar-refractivity contribution is 0.292.